The van der Waals surface area contributed by atoms with Crippen LogP contribution in [0.15, 0.2) is 39.3 Å². The SMILES string of the molecule is CCN=C(NS(=O)(=O)c1ccccc1C#N)N1CC(CC)C=N1. The number of nitrogens with one attached hydrogen (secondary N) is 1. The summed E-state index contributed by atoms with van der Waals surface area (Å²) in [7, 11) is -3.90. The lowest BCUT2D eigenvalue weighted by Crippen LogP contribution is -2.41. The molecule has 1 unspecified atom stereocenters. The van der Waals surface area contributed by atoms with E-state index in [1.807, 2.05) is 19.9 Å². The van der Waals surface area contributed by atoms with Crippen molar-refractivity contribution in [2.45, 2.75) is 25.2 Å². The standard InChI is InChI=1S/C15H19N5O2S/c1-3-12-10-18-20(11-12)15(17-4-2)19-23(21,22)14-8-6-5-7-13(14)9-16/h5-8,10,12H,3-4,11H2,1-2H3,(H,17,19). The highest BCUT2D eigenvalue weighted by molar-refractivity contribution is 7.90. The Labute approximate surface area is 136 Å². The number of hydrogen-bond donors (Lipinski definition) is 1. The van der Waals surface area contributed by atoms with Crippen LogP contribution in [0.25, 0.3) is 0 Å². The van der Waals surface area contributed by atoms with Crippen molar-refractivity contribution in [3.05, 3.63) is 29.8 Å². The molecule has 0 spiro atoms. The van der Waals surface area contributed by atoms with Gasteiger partial charge in [-0.3, -0.25) is 4.99 Å². The Kier molecular flexibility index (Phi) is 5.34. The number of hydrogen-bond acceptors (Lipinski definition) is 5. The van der Waals surface area contributed by atoms with Crippen LogP contribution in [0.1, 0.15) is 25.8 Å². The minimum Gasteiger partial charge on any atom is -0.251 e. The summed E-state index contributed by atoms with van der Waals surface area (Å²) in [4.78, 5) is 4.13. The van der Waals surface area contributed by atoms with Gasteiger partial charge >= 0.3 is 0 Å². The minimum absolute atomic E-state index is 0.0680. The predicted molar refractivity (Wildman–Crippen MR) is 88.4 cm³/mol. The van der Waals surface area contributed by atoms with Crippen LogP contribution in [-0.4, -0.2) is 38.7 Å². The van der Waals surface area contributed by atoms with Crippen molar-refractivity contribution < 1.29 is 8.42 Å². The number of hydrazone groups is 1. The van der Waals surface area contributed by atoms with Gasteiger partial charge in [-0.1, -0.05) is 19.1 Å². The summed E-state index contributed by atoms with van der Waals surface area (Å²) in [5.41, 5.74) is 0.0900. The Balaban J connectivity index is 2.28. The third-order valence-corrected chi connectivity index (χ3v) is 4.81. The number of nitriles is 1. The van der Waals surface area contributed by atoms with Gasteiger partial charge in [0.15, 0.2) is 0 Å². The molecule has 1 aromatic rings. The average molecular weight is 333 g/mol. The van der Waals surface area contributed by atoms with Crippen molar-refractivity contribution in [2.24, 2.45) is 16.0 Å². The molecule has 1 aromatic carbocycles. The number of aliphatic imine (C=N–C) groups is 1. The summed E-state index contributed by atoms with van der Waals surface area (Å²) in [6.45, 7) is 4.86. The minimum atomic E-state index is -3.90. The molecule has 1 N–H and O–H groups in total. The molecule has 2 rings (SSSR count). The van der Waals surface area contributed by atoms with Gasteiger partial charge in [-0.25, -0.2) is 18.1 Å². The summed E-state index contributed by atoms with van der Waals surface area (Å²) >= 11 is 0. The topological polar surface area (TPSA) is 97.9 Å². The number of rotatable bonds is 4. The fourth-order valence-electron chi connectivity index (χ4n) is 2.15. The normalized spacial score (nSPS) is 18.0. The van der Waals surface area contributed by atoms with Crippen molar-refractivity contribution in [1.29, 1.82) is 5.26 Å². The van der Waals surface area contributed by atoms with E-state index in [9.17, 15) is 8.42 Å². The van der Waals surface area contributed by atoms with Crippen LogP contribution in [0.5, 0.6) is 0 Å². The van der Waals surface area contributed by atoms with E-state index in [1.165, 1.54) is 12.1 Å². The highest BCUT2D eigenvalue weighted by Gasteiger charge is 2.26. The van der Waals surface area contributed by atoms with E-state index in [-0.39, 0.29) is 22.3 Å². The lowest BCUT2D eigenvalue weighted by molar-refractivity contribution is 0.429. The van der Waals surface area contributed by atoms with E-state index < -0.39 is 10.0 Å². The van der Waals surface area contributed by atoms with Gasteiger partial charge in [0, 0.05) is 18.7 Å². The first-order chi connectivity index (χ1) is 11.0. The molecule has 0 saturated heterocycles. The summed E-state index contributed by atoms with van der Waals surface area (Å²) < 4.78 is 27.6. The molecule has 0 radical (unpaired) electrons. The third-order valence-electron chi connectivity index (χ3n) is 3.42. The number of nitrogens with zero attached hydrogens (tertiary/aromatic N) is 4. The molecule has 23 heavy (non-hydrogen) atoms. The van der Waals surface area contributed by atoms with E-state index in [4.69, 9.17) is 5.26 Å². The van der Waals surface area contributed by atoms with Gasteiger partial charge in [-0.15, -0.1) is 0 Å². The zero-order valence-corrected chi connectivity index (χ0v) is 13.9. The van der Waals surface area contributed by atoms with Crippen molar-refractivity contribution in [2.75, 3.05) is 13.1 Å². The Morgan fingerprint density at radius 2 is 2.22 bits per heavy atom. The molecule has 1 atom stereocenters. The monoisotopic (exact) mass is 333 g/mol. The molecule has 1 heterocycles. The van der Waals surface area contributed by atoms with Crippen LogP contribution in [0.3, 0.4) is 0 Å². The maximum atomic E-state index is 12.6. The first-order valence-corrected chi connectivity index (χ1v) is 8.88. The van der Waals surface area contributed by atoms with Crippen LogP contribution in [0, 0.1) is 17.2 Å². The van der Waals surface area contributed by atoms with E-state index >= 15 is 0 Å². The van der Waals surface area contributed by atoms with Gasteiger partial charge in [0.25, 0.3) is 10.0 Å². The van der Waals surface area contributed by atoms with Crippen molar-refractivity contribution in [3.63, 3.8) is 0 Å². The van der Waals surface area contributed by atoms with Crippen LogP contribution in [-0.2, 0) is 10.0 Å². The predicted octanol–water partition coefficient (Wildman–Crippen LogP) is 1.54. The number of benzene rings is 1. The maximum absolute atomic E-state index is 12.6. The van der Waals surface area contributed by atoms with Crippen molar-refractivity contribution >= 4 is 22.2 Å². The van der Waals surface area contributed by atoms with E-state index in [1.54, 1.807) is 23.4 Å². The van der Waals surface area contributed by atoms with E-state index in [0.717, 1.165) is 6.42 Å². The summed E-state index contributed by atoms with van der Waals surface area (Å²) in [6, 6.07) is 7.95. The fourth-order valence-corrected chi connectivity index (χ4v) is 3.33. The molecule has 7 nitrogen and oxygen atoms in total. The molecule has 0 saturated carbocycles. The lowest BCUT2D eigenvalue weighted by atomic mass is 10.1. The van der Waals surface area contributed by atoms with Gasteiger partial charge in [0.2, 0.25) is 5.96 Å². The quantitative estimate of drug-likeness (QED) is 0.667. The van der Waals surface area contributed by atoms with Crippen LogP contribution in [0.4, 0.5) is 0 Å². The van der Waals surface area contributed by atoms with Crippen LogP contribution < -0.4 is 4.72 Å². The molecule has 0 bridgehead atoms. The van der Waals surface area contributed by atoms with Gasteiger partial charge in [-0.2, -0.15) is 10.4 Å². The molecule has 0 aliphatic carbocycles. The van der Waals surface area contributed by atoms with Crippen LogP contribution >= 0.6 is 0 Å². The van der Waals surface area contributed by atoms with Gasteiger partial charge in [0.1, 0.15) is 11.0 Å². The highest BCUT2D eigenvalue weighted by Crippen LogP contribution is 2.16. The average Bonchev–Trinajstić information content (AvgIpc) is 3.03. The molecular formula is C15H19N5O2S. The molecule has 1 aliphatic heterocycles. The Bertz CT molecular complexity index is 764. The second kappa shape index (κ2) is 7.24. The molecule has 8 heteroatoms. The molecule has 0 fully saturated rings. The lowest BCUT2D eigenvalue weighted by Gasteiger charge is -2.19. The molecule has 122 valence electrons. The highest BCUT2D eigenvalue weighted by atomic mass is 32.2. The smallest absolute Gasteiger partial charge is 0.251 e. The zero-order chi connectivity index (χ0) is 16.9. The number of sulfonamides is 1. The zero-order valence-electron chi connectivity index (χ0n) is 13.1. The second-order valence-electron chi connectivity index (χ2n) is 5.03. The fraction of sp³-hybridized carbons (Fsp3) is 0.400. The van der Waals surface area contributed by atoms with E-state index in [2.05, 4.69) is 14.8 Å². The molecule has 1 aliphatic rings. The third kappa shape index (κ3) is 3.87. The summed E-state index contributed by atoms with van der Waals surface area (Å²) in [6.07, 6.45) is 2.71. The maximum Gasteiger partial charge on any atom is 0.265 e. The molecule has 0 amide bonds. The van der Waals surface area contributed by atoms with Gasteiger partial charge in [-0.05, 0) is 25.5 Å². The van der Waals surface area contributed by atoms with Gasteiger partial charge < -0.3 is 0 Å². The molecular weight excluding hydrogens is 314 g/mol. The Hall–Kier alpha value is -2.40. The Morgan fingerprint density at radius 1 is 1.48 bits per heavy atom. The second-order valence-corrected chi connectivity index (χ2v) is 6.68. The largest absolute Gasteiger partial charge is 0.265 e. The van der Waals surface area contributed by atoms with Crippen molar-refractivity contribution in [1.82, 2.24) is 9.73 Å². The molecule has 0 aromatic heterocycles. The number of guanidine groups is 1. The van der Waals surface area contributed by atoms with E-state index in [0.29, 0.717) is 13.1 Å². The summed E-state index contributed by atoms with van der Waals surface area (Å²) in [5.74, 6) is 0.445. The van der Waals surface area contributed by atoms with Crippen molar-refractivity contribution in [3.8, 4) is 6.07 Å². The Morgan fingerprint density at radius 3 is 2.83 bits per heavy atom. The van der Waals surface area contributed by atoms with Crippen LogP contribution in [0.2, 0.25) is 0 Å². The first kappa shape index (κ1) is 17.0. The summed E-state index contributed by atoms with van der Waals surface area (Å²) in [5, 5.41) is 14.8. The first-order valence-electron chi connectivity index (χ1n) is 7.39. The van der Waals surface area contributed by atoms with Gasteiger partial charge in [0.05, 0.1) is 12.1 Å².